The molecule has 2 N–H and O–H groups in total. The Hall–Kier alpha value is -0.920. The summed E-state index contributed by atoms with van der Waals surface area (Å²) in [4.78, 5) is 11.1. The number of carbonyl (C=O) groups is 1. The molecule has 0 spiro atoms. The number of aromatic carboxylic acids is 1. The fourth-order valence-corrected chi connectivity index (χ4v) is 4.75. The first-order chi connectivity index (χ1) is 9.81. The molecule has 1 aliphatic rings. The SMILES string of the molecule is Cc1c(Br)cc(C(=O)O)cc1S(=O)(=O)NC1CCCCC1. The third-order valence-electron chi connectivity index (χ3n) is 3.76. The topological polar surface area (TPSA) is 83.5 Å². The Labute approximate surface area is 132 Å². The van der Waals surface area contributed by atoms with Crippen LogP contribution in [0, 0.1) is 6.92 Å². The lowest BCUT2D eigenvalue weighted by Crippen LogP contribution is -2.36. The van der Waals surface area contributed by atoms with Crippen molar-refractivity contribution < 1.29 is 18.3 Å². The molecule has 1 aliphatic carbocycles. The number of hydrogen-bond donors (Lipinski definition) is 2. The lowest BCUT2D eigenvalue weighted by atomic mass is 9.96. The largest absolute Gasteiger partial charge is 0.478 e. The number of benzene rings is 1. The van der Waals surface area contributed by atoms with Gasteiger partial charge in [-0.15, -0.1) is 0 Å². The summed E-state index contributed by atoms with van der Waals surface area (Å²) in [6.45, 7) is 1.66. The van der Waals surface area contributed by atoms with Gasteiger partial charge in [0.05, 0.1) is 10.5 Å². The highest BCUT2D eigenvalue weighted by atomic mass is 79.9. The monoisotopic (exact) mass is 375 g/mol. The molecule has 7 heteroatoms. The molecule has 1 fully saturated rings. The van der Waals surface area contributed by atoms with Crippen LogP contribution < -0.4 is 4.72 Å². The minimum absolute atomic E-state index is 0.0276. The summed E-state index contributed by atoms with van der Waals surface area (Å²) >= 11 is 3.23. The van der Waals surface area contributed by atoms with E-state index in [0.717, 1.165) is 32.1 Å². The van der Waals surface area contributed by atoms with Crippen molar-refractivity contribution in [3.63, 3.8) is 0 Å². The van der Waals surface area contributed by atoms with E-state index in [1.165, 1.54) is 12.1 Å². The summed E-state index contributed by atoms with van der Waals surface area (Å²) in [6.07, 6.45) is 4.84. The molecule has 1 aromatic carbocycles. The summed E-state index contributed by atoms with van der Waals surface area (Å²) < 4.78 is 28.2. The van der Waals surface area contributed by atoms with Gasteiger partial charge in [-0.05, 0) is 37.5 Å². The molecular formula is C14H18BrNO4S. The Kier molecular flexibility index (Phi) is 5.06. The molecule has 0 heterocycles. The number of carboxylic acids is 1. The predicted octanol–water partition coefficient (Wildman–Crippen LogP) is 3.07. The third-order valence-corrected chi connectivity index (χ3v) is 6.23. The number of rotatable bonds is 4. The van der Waals surface area contributed by atoms with Gasteiger partial charge in [0.25, 0.3) is 0 Å². The molecule has 0 bridgehead atoms. The average molecular weight is 376 g/mol. The van der Waals surface area contributed by atoms with Gasteiger partial charge < -0.3 is 5.11 Å². The molecule has 0 unspecified atom stereocenters. The maximum atomic E-state index is 12.5. The molecule has 0 atom stereocenters. The van der Waals surface area contributed by atoms with E-state index in [0.29, 0.717) is 10.0 Å². The highest BCUT2D eigenvalue weighted by Crippen LogP contribution is 2.27. The van der Waals surface area contributed by atoms with Crippen LogP contribution in [-0.2, 0) is 10.0 Å². The van der Waals surface area contributed by atoms with Gasteiger partial charge in [-0.3, -0.25) is 0 Å². The van der Waals surface area contributed by atoms with Gasteiger partial charge in [0.15, 0.2) is 0 Å². The van der Waals surface area contributed by atoms with Crippen LogP contribution in [0.5, 0.6) is 0 Å². The van der Waals surface area contributed by atoms with Crippen LogP contribution in [-0.4, -0.2) is 25.5 Å². The molecular weight excluding hydrogens is 358 g/mol. The molecule has 0 radical (unpaired) electrons. The Bertz CT molecular complexity index is 651. The van der Waals surface area contributed by atoms with E-state index in [9.17, 15) is 13.2 Å². The quantitative estimate of drug-likeness (QED) is 0.846. The van der Waals surface area contributed by atoms with Gasteiger partial charge >= 0.3 is 5.97 Å². The number of hydrogen-bond acceptors (Lipinski definition) is 3. The minimum Gasteiger partial charge on any atom is -0.478 e. The summed E-state index contributed by atoms with van der Waals surface area (Å²) in [5.74, 6) is -1.15. The molecule has 0 saturated heterocycles. The second-order valence-electron chi connectivity index (χ2n) is 5.34. The second kappa shape index (κ2) is 6.46. The van der Waals surface area contributed by atoms with Gasteiger partial charge in [0, 0.05) is 10.5 Å². The molecule has 1 saturated carbocycles. The fraction of sp³-hybridized carbons (Fsp3) is 0.500. The normalized spacial score (nSPS) is 16.9. The summed E-state index contributed by atoms with van der Waals surface area (Å²) in [6, 6.07) is 2.57. The minimum atomic E-state index is -3.71. The summed E-state index contributed by atoms with van der Waals surface area (Å²) in [5.41, 5.74) is 0.472. The first-order valence-corrected chi connectivity index (χ1v) is 9.14. The van der Waals surface area contributed by atoms with Crippen molar-refractivity contribution in [2.75, 3.05) is 0 Å². The highest BCUT2D eigenvalue weighted by molar-refractivity contribution is 9.10. The lowest BCUT2D eigenvalue weighted by Gasteiger charge is -2.23. The zero-order valence-corrected chi connectivity index (χ0v) is 14.1. The van der Waals surface area contributed by atoms with E-state index in [-0.39, 0.29) is 16.5 Å². The standard InChI is InChI=1S/C14H18BrNO4S/c1-9-12(15)7-10(14(17)18)8-13(9)21(19,20)16-11-5-3-2-4-6-11/h7-8,11,16H,2-6H2,1H3,(H,17,18). The Morgan fingerprint density at radius 3 is 2.48 bits per heavy atom. The Morgan fingerprint density at radius 2 is 1.90 bits per heavy atom. The lowest BCUT2D eigenvalue weighted by molar-refractivity contribution is 0.0696. The van der Waals surface area contributed by atoms with E-state index in [1.54, 1.807) is 6.92 Å². The van der Waals surface area contributed by atoms with Crippen LogP contribution in [0.15, 0.2) is 21.5 Å². The maximum Gasteiger partial charge on any atom is 0.335 e. The Balaban J connectivity index is 2.36. The number of sulfonamides is 1. The smallest absolute Gasteiger partial charge is 0.335 e. The van der Waals surface area contributed by atoms with Gasteiger partial charge in [-0.1, -0.05) is 35.2 Å². The van der Waals surface area contributed by atoms with E-state index in [2.05, 4.69) is 20.7 Å². The molecule has 0 aromatic heterocycles. The molecule has 5 nitrogen and oxygen atoms in total. The van der Waals surface area contributed by atoms with Gasteiger partial charge in [0.1, 0.15) is 0 Å². The average Bonchev–Trinajstić information content (AvgIpc) is 2.41. The van der Waals surface area contributed by atoms with Crippen molar-refractivity contribution in [2.45, 2.75) is 50.0 Å². The molecule has 0 aliphatic heterocycles. The van der Waals surface area contributed by atoms with Crippen LogP contribution in [0.1, 0.15) is 48.0 Å². The van der Waals surface area contributed by atoms with Crippen molar-refractivity contribution in [2.24, 2.45) is 0 Å². The zero-order valence-electron chi connectivity index (χ0n) is 11.7. The maximum absolute atomic E-state index is 12.5. The van der Waals surface area contributed by atoms with Gasteiger partial charge in [0.2, 0.25) is 10.0 Å². The molecule has 21 heavy (non-hydrogen) atoms. The fourth-order valence-electron chi connectivity index (χ4n) is 2.56. The number of carboxylic acid groups (broad SMARTS) is 1. The molecule has 1 aromatic rings. The molecule has 116 valence electrons. The first-order valence-electron chi connectivity index (χ1n) is 6.87. The van der Waals surface area contributed by atoms with Crippen LogP contribution in [0.3, 0.4) is 0 Å². The van der Waals surface area contributed by atoms with Crippen molar-refractivity contribution in [3.05, 3.63) is 27.7 Å². The van der Waals surface area contributed by atoms with Crippen LogP contribution >= 0.6 is 15.9 Å². The van der Waals surface area contributed by atoms with Crippen LogP contribution in [0.4, 0.5) is 0 Å². The predicted molar refractivity (Wildman–Crippen MR) is 83.0 cm³/mol. The molecule has 0 amide bonds. The summed E-state index contributed by atoms with van der Waals surface area (Å²) in [5, 5.41) is 9.08. The first kappa shape index (κ1) is 16.5. The number of nitrogens with one attached hydrogen (secondary N) is 1. The van der Waals surface area contributed by atoms with E-state index in [1.807, 2.05) is 0 Å². The van der Waals surface area contributed by atoms with Crippen LogP contribution in [0.2, 0.25) is 0 Å². The third kappa shape index (κ3) is 3.84. The Morgan fingerprint density at radius 1 is 1.29 bits per heavy atom. The number of halogens is 1. The van der Waals surface area contributed by atoms with Gasteiger partial charge in [-0.2, -0.15) is 0 Å². The zero-order chi connectivity index (χ0) is 15.6. The summed E-state index contributed by atoms with van der Waals surface area (Å²) in [7, 11) is -3.71. The second-order valence-corrected chi connectivity index (χ2v) is 7.88. The van der Waals surface area contributed by atoms with Crippen molar-refractivity contribution in [3.8, 4) is 0 Å². The van der Waals surface area contributed by atoms with E-state index in [4.69, 9.17) is 5.11 Å². The van der Waals surface area contributed by atoms with Crippen molar-refractivity contribution in [1.29, 1.82) is 0 Å². The highest BCUT2D eigenvalue weighted by Gasteiger charge is 2.25. The van der Waals surface area contributed by atoms with Crippen molar-refractivity contribution in [1.82, 2.24) is 4.72 Å². The van der Waals surface area contributed by atoms with Gasteiger partial charge in [-0.25, -0.2) is 17.9 Å². The van der Waals surface area contributed by atoms with Crippen molar-refractivity contribution >= 4 is 31.9 Å². The van der Waals surface area contributed by atoms with Crippen LogP contribution in [0.25, 0.3) is 0 Å². The molecule has 2 rings (SSSR count). The van der Waals surface area contributed by atoms with E-state index < -0.39 is 16.0 Å². The van der Waals surface area contributed by atoms with E-state index >= 15 is 0 Å².